The van der Waals surface area contributed by atoms with Crippen LogP contribution in [0.2, 0.25) is 0 Å². The van der Waals surface area contributed by atoms with Gasteiger partial charge in [0.25, 0.3) is 11.9 Å². The first-order chi connectivity index (χ1) is 6.97. The molecule has 0 saturated heterocycles. The van der Waals surface area contributed by atoms with Crippen molar-refractivity contribution < 1.29 is 13.7 Å². The highest BCUT2D eigenvalue weighted by Gasteiger charge is 2.26. The van der Waals surface area contributed by atoms with E-state index in [0.29, 0.717) is 6.07 Å². The number of H-pyrrole nitrogens is 1. The quantitative estimate of drug-likeness (QED) is 0.589. The third kappa shape index (κ3) is 1.96. The smallest absolute Gasteiger partial charge is 0.340 e. The Kier molecular flexibility index (Phi) is 2.75. The zero-order valence-corrected chi connectivity index (χ0v) is 7.03. The summed E-state index contributed by atoms with van der Waals surface area (Å²) in [5.74, 6) is 0. The summed E-state index contributed by atoms with van der Waals surface area (Å²) in [5.41, 5.74) is -4.04. The Labute approximate surface area is 80.9 Å². The minimum absolute atomic E-state index is 0.444. The summed E-state index contributed by atoms with van der Waals surface area (Å²) in [6, 6.07) is 2.02. The SMILES string of the molecule is N#Cc1cc(=O)c([N+](=O)[O-])c(C(F)F)[nH]1. The Morgan fingerprint density at radius 1 is 1.60 bits per heavy atom. The van der Waals surface area contributed by atoms with Crippen molar-refractivity contribution in [3.05, 3.63) is 37.8 Å². The summed E-state index contributed by atoms with van der Waals surface area (Å²) in [5, 5.41) is 18.7. The highest BCUT2D eigenvalue weighted by atomic mass is 19.3. The van der Waals surface area contributed by atoms with Gasteiger partial charge in [0.1, 0.15) is 11.8 Å². The summed E-state index contributed by atoms with van der Waals surface area (Å²) < 4.78 is 24.6. The fraction of sp³-hybridized carbons (Fsp3) is 0.143. The topological polar surface area (TPSA) is 99.8 Å². The van der Waals surface area contributed by atoms with E-state index in [0.717, 1.165) is 0 Å². The number of nitro groups is 1. The number of hydrogen-bond acceptors (Lipinski definition) is 4. The number of rotatable bonds is 2. The number of nitrogens with zero attached hydrogens (tertiary/aromatic N) is 2. The van der Waals surface area contributed by atoms with Crippen LogP contribution in [-0.2, 0) is 0 Å². The molecule has 6 nitrogen and oxygen atoms in total. The minimum Gasteiger partial charge on any atom is -0.340 e. The van der Waals surface area contributed by atoms with Gasteiger partial charge in [0.15, 0.2) is 5.69 Å². The summed E-state index contributed by atoms with van der Waals surface area (Å²) >= 11 is 0. The normalized spacial score (nSPS) is 10.0. The zero-order chi connectivity index (χ0) is 11.6. The molecule has 1 aromatic heterocycles. The van der Waals surface area contributed by atoms with Gasteiger partial charge < -0.3 is 4.98 Å². The minimum atomic E-state index is -3.22. The van der Waals surface area contributed by atoms with Crippen LogP contribution in [0.4, 0.5) is 14.5 Å². The molecule has 0 bridgehead atoms. The van der Waals surface area contributed by atoms with Crippen molar-refractivity contribution in [1.82, 2.24) is 4.98 Å². The maximum Gasteiger partial charge on any atom is 0.341 e. The Morgan fingerprint density at radius 2 is 2.20 bits per heavy atom. The van der Waals surface area contributed by atoms with Crippen molar-refractivity contribution in [1.29, 1.82) is 5.26 Å². The third-order valence-corrected chi connectivity index (χ3v) is 1.55. The second kappa shape index (κ2) is 3.83. The lowest BCUT2D eigenvalue weighted by Gasteiger charge is -2.01. The van der Waals surface area contributed by atoms with Crippen LogP contribution in [0.1, 0.15) is 17.8 Å². The average molecular weight is 215 g/mol. The molecule has 1 aromatic rings. The predicted molar refractivity (Wildman–Crippen MR) is 43.4 cm³/mol. The van der Waals surface area contributed by atoms with Gasteiger partial charge in [0.05, 0.1) is 4.92 Å². The number of aromatic amines is 1. The molecule has 0 aliphatic carbocycles. The standard InChI is InChI=1S/C7H3F2N3O3/c8-7(9)5-6(12(14)15)4(13)1-3(2-10)11-5/h1,7H,(H,11,13). The van der Waals surface area contributed by atoms with Crippen molar-refractivity contribution in [2.24, 2.45) is 0 Å². The van der Waals surface area contributed by atoms with Crippen LogP contribution in [-0.4, -0.2) is 9.91 Å². The van der Waals surface area contributed by atoms with Crippen LogP contribution < -0.4 is 5.43 Å². The summed E-state index contributed by atoms with van der Waals surface area (Å²) in [4.78, 5) is 22.0. The molecule has 1 N–H and O–H groups in total. The van der Waals surface area contributed by atoms with Crippen molar-refractivity contribution in [2.45, 2.75) is 6.43 Å². The summed E-state index contributed by atoms with van der Waals surface area (Å²) in [7, 11) is 0. The summed E-state index contributed by atoms with van der Waals surface area (Å²) in [6.45, 7) is 0. The molecule has 0 atom stereocenters. The highest BCUT2D eigenvalue weighted by molar-refractivity contribution is 5.39. The van der Waals surface area contributed by atoms with Crippen LogP contribution in [0, 0.1) is 21.4 Å². The second-order valence-corrected chi connectivity index (χ2v) is 2.48. The number of nitriles is 1. The summed E-state index contributed by atoms with van der Waals surface area (Å²) in [6.07, 6.45) is -3.22. The van der Waals surface area contributed by atoms with Gasteiger partial charge in [-0.3, -0.25) is 14.9 Å². The molecule has 0 spiro atoms. The second-order valence-electron chi connectivity index (χ2n) is 2.48. The molecule has 0 saturated carbocycles. The van der Waals surface area contributed by atoms with Gasteiger partial charge >= 0.3 is 5.69 Å². The number of alkyl halides is 2. The molecule has 15 heavy (non-hydrogen) atoms. The van der Waals surface area contributed by atoms with Crippen LogP contribution >= 0.6 is 0 Å². The van der Waals surface area contributed by atoms with E-state index in [1.165, 1.54) is 6.07 Å². The average Bonchev–Trinajstić information content (AvgIpc) is 2.15. The molecular weight excluding hydrogens is 212 g/mol. The lowest BCUT2D eigenvalue weighted by Crippen LogP contribution is -2.13. The van der Waals surface area contributed by atoms with Crippen LogP contribution in [0.15, 0.2) is 10.9 Å². The van der Waals surface area contributed by atoms with Gasteiger partial charge in [-0.05, 0) is 0 Å². The largest absolute Gasteiger partial charge is 0.341 e. The van der Waals surface area contributed by atoms with E-state index in [4.69, 9.17) is 5.26 Å². The van der Waals surface area contributed by atoms with Crippen molar-refractivity contribution in [3.8, 4) is 6.07 Å². The lowest BCUT2D eigenvalue weighted by molar-refractivity contribution is -0.387. The molecule has 0 aliphatic rings. The molecule has 8 heteroatoms. The fourth-order valence-corrected chi connectivity index (χ4v) is 0.979. The maximum atomic E-state index is 12.3. The first-order valence-electron chi connectivity index (χ1n) is 3.57. The first-order valence-corrected chi connectivity index (χ1v) is 3.57. The van der Waals surface area contributed by atoms with E-state index in [1.807, 2.05) is 4.98 Å². The van der Waals surface area contributed by atoms with Gasteiger partial charge in [-0.15, -0.1) is 0 Å². The number of nitrogens with one attached hydrogen (secondary N) is 1. The molecule has 78 valence electrons. The molecule has 0 fully saturated rings. The van der Waals surface area contributed by atoms with Crippen molar-refractivity contribution in [3.63, 3.8) is 0 Å². The van der Waals surface area contributed by atoms with E-state index < -0.39 is 33.9 Å². The van der Waals surface area contributed by atoms with Gasteiger partial charge in [-0.25, -0.2) is 8.78 Å². The van der Waals surface area contributed by atoms with Gasteiger partial charge in [0, 0.05) is 6.07 Å². The maximum absolute atomic E-state index is 12.3. The molecular formula is C7H3F2N3O3. The molecule has 0 aliphatic heterocycles. The number of hydrogen-bond donors (Lipinski definition) is 1. The zero-order valence-electron chi connectivity index (χ0n) is 7.03. The van der Waals surface area contributed by atoms with Crippen molar-refractivity contribution in [2.75, 3.05) is 0 Å². The molecule has 1 rings (SSSR count). The lowest BCUT2D eigenvalue weighted by atomic mass is 10.2. The van der Waals surface area contributed by atoms with Crippen LogP contribution in [0.3, 0.4) is 0 Å². The Morgan fingerprint density at radius 3 is 2.60 bits per heavy atom. The van der Waals surface area contributed by atoms with E-state index in [9.17, 15) is 23.7 Å². The number of halogens is 2. The number of pyridine rings is 1. The third-order valence-electron chi connectivity index (χ3n) is 1.55. The van der Waals surface area contributed by atoms with E-state index in [1.54, 1.807) is 0 Å². The van der Waals surface area contributed by atoms with Crippen molar-refractivity contribution >= 4 is 5.69 Å². The predicted octanol–water partition coefficient (Wildman–Crippen LogP) is 1.09. The van der Waals surface area contributed by atoms with Gasteiger partial charge in [0.2, 0.25) is 0 Å². The van der Waals surface area contributed by atoms with Gasteiger partial charge in [-0.2, -0.15) is 5.26 Å². The number of aromatic nitrogens is 1. The Hall–Kier alpha value is -2.30. The van der Waals surface area contributed by atoms with Gasteiger partial charge in [-0.1, -0.05) is 0 Å². The first kappa shape index (κ1) is 10.8. The molecule has 1 heterocycles. The Bertz CT molecular complexity index is 503. The van der Waals surface area contributed by atoms with E-state index >= 15 is 0 Å². The monoisotopic (exact) mass is 215 g/mol. The van der Waals surface area contributed by atoms with E-state index in [2.05, 4.69) is 0 Å². The van der Waals surface area contributed by atoms with Crippen LogP contribution in [0.5, 0.6) is 0 Å². The fourth-order valence-electron chi connectivity index (χ4n) is 0.979. The molecule has 0 radical (unpaired) electrons. The molecule has 0 amide bonds. The highest BCUT2D eigenvalue weighted by Crippen LogP contribution is 2.23. The Balaban J connectivity index is 3.59. The molecule has 0 aromatic carbocycles. The van der Waals surface area contributed by atoms with Crippen LogP contribution in [0.25, 0.3) is 0 Å². The molecule has 0 unspecified atom stereocenters. The van der Waals surface area contributed by atoms with E-state index in [-0.39, 0.29) is 0 Å².